The Morgan fingerprint density at radius 3 is 2.93 bits per heavy atom. The summed E-state index contributed by atoms with van der Waals surface area (Å²) in [5, 5.41) is 3.32. The summed E-state index contributed by atoms with van der Waals surface area (Å²) in [5.41, 5.74) is 0. The topological polar surface area (TPSA) is 34.4 Å². The molecule has 1 N–H and O–H groups in total. The highest BCUT2D eigenvalue weighted by Crippen LogP contribution is 2.26. The van der Waals surface area contributed by atoms with Crippen LogP contribution in [0.1, 0.15) is 18.6 Å². The predicted molar refractivity (Wildman–Crippen MR) is 64.8 cm³/mol. The van der Waals surface area contributed by atoms with E-state index in [1.54, 1.807) is 0 Å². The number of hydrogen-bond acceptors (Lipinski definition) is 3. The van der Waals surface area contributed by atoms with Crippen molar-refractivity contribution in [2.24, 2.45) is 0 Å². The molecule has 84 valence electrons. The van der Waals surface area contributed by atoms with Gasteiger partial charge in [0.05, 0.1) is 17.1 Å². The number of nitrogens with one attached hydrogen (secondary N) is 1. The van der Waals surface area contributed by atoms with Gasteiger partial charge in [0.2, 0.25) is 0 Å². The first-order valence-electron chi connectivity index (χ1n) is 5.02. The van der Waals surface area contributed by atoms with Crippen LogP contribution in [-0.2, 0) is 11.3 Å². The molecule has 0 spiro atoms. The van der Waals surface area contributed by atoms with Gasteiger partial charge in [0, 0.05) is 13.2 Å². The van der Waals surface area contributed by atoms with Crippen LogP contribution in [-0.4, -0.2) is 19.3 Å². The van der Waals surface area contributed by atoms with Gasteiger partial charge in [-0.15, -0.1) is 0 Å². The van der Waals surface area contributed by atoms with E-state index in [0.29, 0.717) is 6.10 Å². The van der Waals surface area contributed by atoms with Crippen molar-refractivity contribution in [1.82, 2.24) is 5.32 Å². The van der Waals surface area contributed by atoms with E-state index in [0.717, 1.165) is 34.6 Å². The van der Waals surface area contributed by atoms with Gasteiger partial charge in [-0.1, -0.05) is 0 Å². The van der Waals surface area contributed by atoms with Crippen LogP contribution in [0.2, 0.25) is 0 Å². The lowest BCUT2D eigenvalue weighted by molar-refractivity contribution is 0.109. The van der Waals surface area contributed by atoms with E-state index in [2.05, 4.69) is 37.2 Å². The minimum Gasteiger partial charge on any atom is -0.452 e. The Hall–Kier alpha value is 0.160. The van der Waals surface area contributed by atoms with Crippen molar-refractivity contribution in [2.75, 3.05) is 13.2 Å². The molecule has 0 radical (unpaired) electrons. The average molecular weight is 339 g/mol. The van der Waals surface area contributed by atoms with Crippen molar-refractivity contribution in [3.63, 3.8) is 0 Å². The summed E-state index contributed by atoms with van der Waals surface area (Å²) in [6, 6.07) is 1.96. The predicted octanol–water partition coefficient (Wildman–Crippen LogP) is 3.07. The van der Waals surface area contributed by atoms with Gasteiger partial charge in [-0.3, -0.25) is 0 Å². The Morgan fingerprint density at radius 1 is 1.47 bits per heavy atom. The lowest BCUT2D eigenvalue weighted by atomic mass is 10.2. The number of hydrogen-bond donors (Lipinski definition) is 1. The third kappa shape index (κ3) is 3.31. The maximum atomic E-state index is 5.51. The molecule has 5 heteroatoms. The first-order valence-corrected chi connectivity index (χ1v) is 6.60. The van der Waals surface area contributed by atoms with Crippen molar-refractivity contribution in [2.45, 2.75) is 25.5 Å². The Balaban J connectivity index is 1.73. The monoisotopic (exact) mass is 337 g/mol. The van der Waals surface area contributed by atoms with Gasteiger partial charge in [-0.05, 0) is 50.8 Å². The summed E-state index contributed by atoms with van der Waals surface area (Å²) < 4.78 is 12.7. The molecular weight excluding hydrogens is 326 g/mol. The van der Waals surface area contributed by atoms with Crippen LogP contribution < -0.4 is 5.32 Å². The molecule has 1 aliphatic rings. The maximum absolute atomic E-state index is 5.51. The third-order valence-corrected chi connectivity index (χ3v) is 4.10. The van der Waals surface area contributed by atoms with Crippen molar-refractivity contribution in [3.05, 3.63) is 21.0 Å². The second kappa shape index (κ2) is 5.48. The number of rotatable bonds is 4. The molecule has 1 fully saturated rings. The number of halogens is 2. The molecule has 0 saturated carbocycles. The fourth-order valence-electron chi connectivity index (χ4n) is 1.64. The van der Waals surface area contributed by atoms with E-state index in [1.807, 2.05) is 6.07 Å². The largest absolute Gasteiger partial charge is 0.452 e. The summed E-state index contributed by atoms with van der Waals surface area (Å²) in [7, 11) is 0. The highest BCUT2D eigenvalue weighted by Gasteiger charge is 2.14. The van der Waals surface area contributed by atoms with Crippen LogP contribution in [0.15, 0.2) is 19.6 Å². The van der Waals surface area contributed by atoms with Crippen LogP contribution in [0.3, 0.4) is 0 Å². The maximum Gasteiger partial charge on any atom is 0.183 e. The number of ether oxygens (including phenoxy) is 1. The minimum absolute atomic E-state index is 0.381. The first-order chi connectivity index (χ1) is 7.25. The molecule has 0 aliphatic carbocycles. The number of furan rings is 1. The molecule has 1 aromatic rings. The lowest BCUT2D eigenvalue weighted by Gasteiger charge is -2.09. The molecule has 2 rings (SSSR count). The molecule has 1 unspecified atom stereocenters. The summed E-state index contributed by atoms with van der Waals surface area (Å²) in [6.07, 6.45) is 2.73. The molecule has 15 heavy (non-hydrogen) atoms. The fourth-order valence-corrected chi connectivity index (χ4v) is 2.30. The molecule has 0 amide bonds. The quantitative estimate of drug-likeness (QED) is 0.916. The zero-order valence-electron chi connectivity index (χ0n) is 8.26. The van der Waals surface area contributed by atoms with Gasteiger partial charge in [0.25, 0.3) is 0 Å². The fraction of sp³-hybridized carbons (Fsp3) is 0.600. The Kier molecular flexibility index (Phi) is 4.25. The normalized spacial score (nSPS) is 21.1. The summed E-state index contributed by atoms with van der Waals surface area (Å²) in [5.74, 6) is 0.923. The van der Waals surface area contributed by atoms with E-state index in [1.165, 1.54) is 12.8 Å². The molecule has 3 nitrogen and oxygen atoms in total. The highest BCUT2D eigenvalue weighted by atomic mass is 79.9. The summed E-state index contributed by atoms with van der Waals surface area (Å²) in [4.78, 5) is 0. The van der Waals surface area contributed by atoms with Gasteiger partial charge >= 0.3 is 0 Å². The van der Waals surface area contributed by atoms with Crippen molar-refractivity contribution < 1.29 is 9.15 Å². The van der Waals surface area contributed by atoms with Crippen LogP contribution in [0.5, 0.6) is 0 Å². The SMILES string of the molecule is Brc1cc(CNCC2CCCO2)oc1Br. The molecule has 1 aliphatic heterocycles. The van der Waals surface area contributed by atoms with E-state index in [9.17, 15) is 0 Å². The van der Waals surface area contributed by atoms with Crippen molar-refractivity contribution >= 4 is 31.9 Å². The highest BCUT2D eigenvalue weighted by molar-refractivity contribution is 9.13. The molecule has 1 aromatic heterocycles. The molecule has 2 heterocycles. The molecule has 1 atom stereocenters. The molecular formula is C10H13Br2NO2. The molecule has 0 aromatic carbocycles. The second-order valence-corrected chi connectivity index (χ2v) is 5.17. The Labute approximate surface area is 106 Å². The van der Waals surface area contributed by atoms with Crippen LogP contribution in [0.4, 0.5) is 0 Å². The van der Waals surface area contributed by atoms with Gasteiger partial charge in [-0.25, -0.2) is 0 Å². The van der Waals surface area contributed by atoms with Crippen molar-refractivity contribution in [3.8, 4) is 0 Å². The van der Waals surface area contributed by atoms with E-state index >= 15 is 0 Å². The second-order valence-electron chi connectivity index (χ2n) is 3.60. The van der Waals surface area contributed by atoms with Crippen LogP contribution in [0.25, 0.3) is 0 Å². The summed E-state index contributed by atoms with van der Waals surface area (Å²) in [6.45, 7) is 2.55. The minimum atomic E-state index is 0.381. The third-order valence-electron chi connectivity index (χ3n) is 2.39. The average Bonchev–Trinajstić information content (AvgIpc) is 2.79. The zero-order valence-corrected chi connectivity index (χ0v) is 11.4. The standard InChI is InChI=1S/C10H13Br2NO2/c11-9-4-8(15-10(9)12)6-13-5-7-2-1-3-14-7/h4,7,13H,1-3,5-6H2. The first kappa shape index (κ1) is 11.6. The van der Waals surface area contributed by atoms with Gasteiger partial charge in [-0.2, -0.15) is 0 Å². The zero-order chi connectivity index (χ0) is 10.7. The van der Waals surface area contributed by atoms with Crippen molar-refractivity contribution in [1.29, 1.82) is 0 Å². The van der Waals surface area contributed by atoms with Crippen LogP contribution >= 0.6 is 31.9 Å². The smallest absolute Gasteiger partial charge is 0.183 e. The van der Waals surface area contributed by atoms with E-state index in [4.69, 9.17) is 9.15 Å². The summed E-state index contributed by atoms with van der Waals surface area (Å²) >= 11 is 6.69. The van der Waals surface area contributed by atoms with Gasteiger partial charge in [0.1, 0.15) is 5.76 Å². The van der Waals surface area contributed by atoms with E-state index in [-0.39, 0.29) is 0 Å². The van der Waals surface area contributed by atoms with E-state index < -0.39 is 0 Å². The Bertz CT molecular complexity index is 302. The Morgan fingerprint density at radius 2 is 2.33 bits per heavy atom. The molecule has 1 saturated heterocycles. The lowest BCUT2D eigenvalue weighted by Crippen LogP contribution is -2.25. The van der Waals surface area contributed by atoms with Gasteiger partial charge in [0.15, 0.2) is 4.67 Å². The van der Waals surface area contributed by atoms with Gasteiger partial charge < -0.3 is 14.5 Å². The molecule has 0 bridgehead atoms. The van der Waals surface area contributed by atoms with Crippen LogP contribution in [0, 0.1) is 0 Å².